The monoisotopic (exact) mass is 364 g/mol. The third-order valence-corrected chi connectivity index (χ3v) is 5.24. The average molecular weight is 364 g/mol. The molecule has 4 heteroatoms. The number of likely N-dealkylation sites (tertiary alicyclic amines) is 1. The van der Waals surface area contributed by atoms with Gasteiger partial charge in [-0.3, -0.25) is 9.59 Å². The van der Waals surface area contributed by atoms with Crippen molar-refractivity contribution in [2.75, 3.05) is 19.6 Å². The van der Waals surface area contributed by atoms with Crippen LogP contribution < -0.4 is 5.32 Å². The van der Waals surface area contributed by atoms with Crippen LogP contribution in [0.3, 0.4) is 0 Å². The molecular weight excluding hydrogens is 336 g/mol. The van der Waals surface area contributed by atoms with Gasteiger partial charge in [-0.25, -0.2) is 0 Å². The molecule has 0 bridgehead atoms. The number of aryl methyl sites for hydroxylation is 1. The minimum absolute atomic E-state index is 0.0664. The summed E-state index contributed by atoms with van der Waals surface area (Å²) in [7, 11) is 0. The Balaban J connectivity index is 1.46. The summed E-state index contributed by atoms with van der Waals surface area (Å²) in [5, 5.41) is 2.95. The van der Waals surface area contributed by atoms with Crippen molar-refractivity contribution in [2.24, 2.45) is 5.92 Å². The number of hydrogen-bond acceptors (Lipinski definition) is 2. The topological polar surface area (TPSA) is 49.4 Å². The Hall–Kier alpha value is -2.62. The van der Waals surface area contributed by atoms with Crippen LogP contribution in [0.2, 0.25) is 0 Å². The van der Waals surface area contributed by atoms with Crippen molar-refractivity contribution < 1.29 is 9.59 Å². The summed E-state index contributed by atoms with van der Waals surface area (Å²) < 4.78 is 0. The summed E-state index contributed by atoms with van der Waals surface area (Å²) in [6.45, 7) is 4.52. The SMILES string of the molecule is CC1CCN(C(=O)c2ccc(C(=O)NCCCc3ccccc3)cc2)CC1. The van der Waals surface area contributed by atoms with Gasteiger partial charge >= 0.3 is 0 Å². The highest BCUT2D eigenvalue weighted by atomic mass is 16.2. The Morgan fingerprint density at radius 1 is 0.963 bits per heavy atom. The molecule has 4 nitrogen and oxygen atoms in total. The lowest BCUT2D eigenvalue weighted by Gasteiger charge is -2.30. The fraction of sp³-hybridized carbons (Fsp3) is 0.391. The highest BCUT2D eigenvalue weighted by molar-refractivity contribution is 5.97. The Bertz CT molecular complexity index is 748. The maximum Gasteiger partial charge on any atom is 0.253 e. The van der Waals surface area contributed by atoms with Gasteiger partial charge in [-0.2, -0.15) is 0 Å². The zero-order valence-corrected chi connectivity index (χ0v) is 16.0. The largest absolute Gasteiger partial charge is 0.352 e. The van der Waals surface area contributed by atoms with Gasteiger partial charge in [-0.1, -0.05) is 37.3 Å². The van der Waals surface area contributed by atoms with E-state index >= 15 is 0 Å². The fourth-order valence-corrected chi connectivity index (χ4v) is 3.40. The van der Waals surface area contributed by atoms with E-state index in [-0.39, 0.29) is 11.8 Å². The van der Waals surface area contributed by atoms with E-state index < -0.39 is 0 Å². The molecule has 2 aromatic carbocycles. The van der Waals surface area contributed by atoms with E-state index in [2.05, 4.69) is 24.4 Å². The van der Waals surface area contributed by atoms with Gasteiger partial charge < -0.3 is 10.2 Å². The lowest BCUT2D eigenvalue weighted by molar-refractivity contribution is 0.0696. The van der Waals surface area contributed by atoms with Crippen molar-refractivity contribution in [1.29, 1.82) is 0 Å². The van der Waals surface area contributed by atoms with E-state index in [0.717, 1.165) is 38.8 Å². The van der Waals surface area contributed by atoms with Crippen LogP contribution in [0.15, 0.2) is 54.6 Å². The van der Waals surface area contributed by atoms with Crippen molar-refractivity contribution >= 4 is 11.8 Å². The quantitative estimate of drug-likeness (QED) is 0.790. The van der Waals surface area contributed by atoms with Crippen LogP contribution in [0.4, 0.5) is 0 Å². The summed E-state index contributed by atoms with van der Waals surface area (Å²) >= 11 is 0. The zero-order chi connectivity index (χ0) is 19.1. The Kier molecular flexibility index (Phi) is 6.64. The van der Waals surface area contributed by atoms with Crippen LogP contribution in [-0.2, 0) is 6.42 Å². The smallest absolute Gasteiger partial charge is 0.253 e. The lowest BCUT2D eigenvalue weighted by Crippen LogP contribution is -2.37. The van der Waals surface area contributed by atoms with Crippen LogP contribution in [0, 0.1) is 5.92 Å². The number of piperidine rings is 1. The first kappa shape index (κ1) is 19.2. The molecular formula is C23H28N2O2. The number of nitrogens with one attached hydrogen (secondary N) is 1. The highest BCUT2D eigenvalue weighted by Gasteiger charge is 2.21. The number of amides is 2. The molecule has 0 saturated carbocycles. The maximum absolute atomic E-state index is 12.6. The van der Waals surface area contributed by atoms with Crippen LogP contribution in [0.25, 0.3) is 0 Å². The predicted octanol–water partition coefficient (Wildman–Crippen LogP) is 3.92. The van der Waals surface area contributed by atoms with Crippen LogP contribution in [0.5, 0.6) is 0 Å². The van der Waals surface area contributed by atoms with Crippen LogP contribution >= 0.6 is 0 Å². The molecule has 1 aliphatic rings. The molecule has 0 aliphatic carbocycles. The summed E-state index contributed by atoms with van der Waals surface area (Å²) in [6, 6.07) is 17.3. The molecule has 1 N–H and O–H groups in total. The number of carbonyl (C=O) groups is 2. The number of carbonyl (C=O) groups excluding carboxylic acids is 2. The zero-order valence-electron chi connectivity index (χ0n) is 16.0. The molecule has 142 valence electrons. The lowest BCUT2D eigenvalue weighted by atomic mass is 9.98. The van der Waals surface area contributed by atoms with Crippen LogP contribution in [-0.4, -0.2) is 36.3 Å². The van der Waals surface area contributed by atoms with Gasteiger partial charge in [0.25, 0.3) is 11.8 Å². The molecule has 2 amide bonds. The van der Waals surface area contributed by atoms with E-state index in [1.165, 1.54) is 5.56 Å². The summed E-state index contributed by atoms with van der Waals surface area (Å²) in [4.78, 5) is 26.7. The standard InChI is InChI=1S/C23H28N2O2/c1-18-13-16-25(17-14-18)23(27)21-11-9-20(10-12-21)22(26)24-15-5-8-19-6-3-2-4-7-19/h2-4,6-7,9-12,18H,5,8,13-17H2,1H3,(H,24,26). The van der Waals surface area contributed by atoms with Gasteiger partial charge in [-0.15, -0.1) is 0 Å². The van der Waals surface area contributed by atoms with E-state index in [4.69, 9.17) is 0 Å². The number of benzene rings is 2. The molecule has 0 aromatic heterocycles. The third-order valence-electron chi connectivity index (χ3n) is 5.24. The van der Waals surface area contributed by atoms with Gasteiger partial charge in [-0.05, 0) is 61.4 Å². The van der Waals surface area contributed by atoms with Crippen molar-refractivity contribution in [1.82, 2.24) is 10.2 Å². The van der Waals surface area contributed by atoms with E-state index in [1.54, 1.807) is 24.3 Å². The molecule has 0 spiro atoms. The first-order chi connectivity index (χ1) is 13.1. The second-order valence-electron chi connectivity index (χ2n) is 7.40. The second-order valence-corrected chi connectivity index (χ2v) is 7.40. The molecule has 1 fully saturated rings. The number of rotatable bonds is 6. The average Bonchev–Trinajstić information content (AvgIpc) is 2.72. The van der Waals surface area contributed by atoms with E-state index in [1.807, 2.05) is 23.1 Å². The minimum atomic E-state index is -0.0890. The Morgan fingerprint density at radius 2 is 1.59 bits per heavy atom. The highest BCUT2D eigenvalue weighted by Crippen LogP contribution is 2.18. The predicted molar refractivity (Wildman–Crippen MR) is 108 cm³/mol. The Labute approximate surface area is 161 Å². The van der Waals surface area contributed by atoms with Gasteiger partial charge in [0.05, 0.1) is 0 Å². The van der Waals surface area contributed by atoms with Crippen molar-refractivity contribution in [3.8, 4) is 0 Å². The number of nitrogens with zero attached hydrogens (tertiary/aromatic N) is 1. The molecule has 0 radical (unpaired) electrons. The maximum atomic E-state index is 12.6. The first-order valence-corrected chi connectivity index (χ1v) is 9.85. The van der Waals surface area contributed by atoms with Gasteiger partial charge in [0.1, 0.15) is 0 Å². The molecule has 27 heavy (non-hydrogen) atoms. The third kappa shape index (κ3) is 5.43. The number of hydrogen-bond donors (Lipinski definition) is 1. The molecule has 1 aliphatic heterocycles. The molecule has 1 heterocycles. The normalized spacial score (nSPS) is 14.8. The van der Waals surface area contributed by atoms with Gasteiger partial charge in [0.2, 0.25) is 0 Å². The van der Waals surface area contributed by atoms with Crippen molar-refractivity contribution in [2.45, 2.75) is 32.6 Å². The van der Waals surface area contributed by atoms with E-state index in [9.17, 15) is 9.59 Å². The summed E-state index contributed by atoms with van der Waals surface area (Å²) in [6.07, 6.45) is 3.98. The molecule has 0 atom stereocenters. The van der Waals surface area contributed by atoms with Crippen LogP contribution in [0.1, 0.15) is 52.5 Å². The van der Waals surface area contributed by atoms with E-state index in [0.29, 0.717) is 23.6 Å². The molecule has 1 saturated heterocycles. The molecule has 3 rings (SSSR count). The minimum Gasteiger partial charge on any atom is -0.352 e. The molecule has 0 unspecified atom stereocenters. The van der Waals surface area contributed by atoms with Crippen molar-refractivity contribution in [3.63, 3.8) is 0 Å². The summed E-state index contributed by atoms with van der Waals surface area (Å²) in [5.74, 6) is 0.674. The fourth-order valence-electron chi connectivity index (χ4n) is 3.40. The van der Waals surface area contributed by atoms with Gasteiger partial charge in [0, 0.05) is 30.8 Å². The Morgan fingerprint density at radius 3 is 2.26 bits per heavy atom. The second kappa shape index (κ2) is 9.36. The molecule has 2 aromatic rings. The van der Waals surface area contributed by atoms with Gasteiger partial charge in [0.15, 0.2) is 0 Å². The van der Waals surface area contributed by atoms with Crippen molar-refractivity contribution in [3.05, 3.63) is 71.3 Å². The summed E-state index contributed by atoms with van der Waals surface area (Å²) in [5.41, 5.74) is 2.53. The first-order valence-electron chi connectivity index (χ1n) is 9.85.